The van der Waals surface area contributed by atoms with E-state index in [1.165, 1.54) is 4.31 Å². The predicted molar refractivity (Wildman–Crippen MR) is 84.5 cm³/mol. The van der Waals surface area contributed by atoms with Crippen LogP contribution in [0.5, 0.6) is 0 Å². The van der Waals surface area contributed by atoms with Crippen LogP contribution in [0, 0.1) is 5.92 Å². The maximum absolute atomic E-state index is 12.4. The maximum atomic E-state index is 12.4. The fourth-order valence-electron chi connectivity index (χ4n) is 1.75. The molecule has 0 fully saturated rings. The molecule has 0 atom stereocenters. The molecule has 1 aromatic rings. The minimum Gasteiger partial charge on any atom is -0.385 e. The molecular formula is C15H26N2O2S. The lowest BCUT2D eigenvalue weighted by atomic mass is 10.1. The zero-order chi connectivity index (χ0) is 15.2. The van der Waals surface area contributed by atoms with Crippen molar-refractivity contribution in [3.63, 3.8) is 0 Å². The van der Waals surface area contributed by atoms with Crippen LogP contribution in [0.1, 0.15) is 33.6 Å². The molecule has 0 aliphatic heterocycles. The third kappa shape index (κ3) is 4.80. The monoisotopic (exact) mass is 298 g/mol. The lowest BCUT2D eigenvalue weighted by Gasteiger charge is -2.18. The number of benzene rings is 1. The summed E-state index contributed by atoms with van der Waals surface area (Å²) in [4.78, 5) is 0.353. The topological polar surface area (TPSA) is 49.4 Å². The molecule has 0 aliphatic rings. The summed E-state index contributed by atoms with van der Waals surface area (Å²) in [6, 6.07) is 6.97. The van der Waals surface area contributed by atoms with Gasteiger partial charge in [-0.25, -0.2) is 12.7 Å². The lowest BCUT2D eigenvalue weighted by molar-refractivity contribution is 0.428. The fourth-order valence-corrected chi connectivity index (χ4v) is 2.94. The van der Waals surface area contributed by atoms with E-state index >= 15 is 0 Å². The molecule has 0 spiro atoms. The van der Waals surface area contributed by atoms with Gasteiger partial charge in [-0.15, -0.1) is 0 Å². The van der Waals surface area contributed by atoms with Gasteiger partial charge in [-0.1, -0.05) is 20.8 Å². The van der Waals surface area contributed by atoms with Crippen molar-refractivity contribution in [1.82, 2.24) is 4.31 Å². The van der Waals surface area contributed by atoms with E-state index in [4.69, 9.17) is 0 Å². The van der Waals surface area contributed by atoms with E-state index in [-0.39, 0.29) is 0 Å². The van der Waals surface area contributed by atoms with Gasteiger partial charge < -0.3 is 5.32 Å². The second-order valence-electron chi connectivity index (χ2n) is 5.46. The summed E-state index contributed by atoms with van der Waals surface area (Å²) in [7, 11) is -1.73. The van der Waals surface area contributed by atoms with Gasteiger partial charge in [0.05, 0.1) is 4.90 Å². The molecule has 1 N–H and O–H groups in total. The predicted octanol–water partition coefficient (Wildman–Crippen LogP) is 3.18. The van der Waals surface area contributed by atoms with Crippen LogP contribution in [0.2, 0.25) is 0 Å². The Bertz CT molecular complexity index is 495. The molecule has 0 aliphatic carbocycles. The van der Waals surface area contributed by atoms with E-state index < -0.39 is 10.0 Å². The molecule has 114 valence electrons. The van der Waals surface area contributed by atoms with Gasteiger partial charge in [0, 0.05) is 25.8 Å². The van der Waals surface area contributed by atoms with Crippen LogP contribution in [0.4, 0.5) is 5.69 Å². The summed E-state index contributed by atoms with van der Waals surface area (Å²) >= 11 is 0. The van der Waals surface area contributed by atoms with Crippen molar-refractivity contribution in [2.45, 2.75) is 38.5 Å². The van der Waals surface area contributed by atoms with Crippen LogP contribution >= 0.6 is 0 Å². The number of nitrogens with zero attached hydrogens (tertiary/aromatic N) is 1. The average molecular weight is 298 g/mol. The largest absolute Gasteiger partial charge is 0.385 e. The highest BCUT2D eigenvalue weighted by Crippen LogP contribution is 2.18. The van der Waals surface area contributed by atoms with Crippen molar-refractivity contribution in [2.75, 3.05) is 25.5 Å². The second kappa shape index (κ2) is 7.64. The van der Waals surface area contributed by atoms with Crippen LogP contribution in [0.25, 0.3) is 0 Å². The zero-order valence-corrected chi connectivity index (χ0v) is 13.7. The molecule has 0 bridgehead atoms. The van der Waals surface area contributed by atoms with Crippen LogP contribution in [-0.2, 0) is 10.0 Å². The Morgan fingerprint density at radius 3 is 2.30 bits per heavy atom. The van der Waals surface area contributed by atoms with Gasteiger partial charge >= 0.3 is 0 Å². The van der Waals surface area contributed by atoms with E-state index in [1.807, 2.05) is 12.1 Å². The molecule has 5 heteroatoms. The number of hydrogen-bond acceptors (Lipinski definition) is 3. The SMILES string of the molecule is CCCNc1ccc(S(=O)(=O)N(C)CCC(C)C)cc1. The Hall–Kier alpha value is -1.07. The van der Waals surface area contributed by atoms with Gasteiger partial charge in [0.15, 0.2) is 0 Å². The third-order valence-electron chi connectivity index (χ3n) is 3.16. The molecular weight excluding hydrogens is 272 g/mol. The molecule has 4 nitrogen and oxygen atoms in total. The molecule has 0 radical (unpaired) electrons. The summed E-state index contributed by atoms with van der Waals surface area (Å²) in [6.45, 7) is 7.72. The van der Waals surface area contributed by atoms with Crippen LogP contribution in [-0.4, -0.2) is 32.9 Å². The minimum atomic E-state index is -3.37. The van der Waals surface area contributed by atoms with Crippen molar-refractivity contribution < 1.29 is 8.42 Å². The number of hydrogen-bond donors (Lipinski definition) is 1. The second-order valence-corrected chi connectivity index (χ2v) is 7.51. The highest BCUT2D eigenvalue weighted by atomic mass is 32.2. The summed E-state index contributed by atoms with van der Waals surface area (Å²) < 4.78 is 26.2. The summed E-state index contributed by atoms with van der Waals surface area (Å²) in [5.74, 6) is 0.494. The van der Waals surface area contributed by atoms with Gasteiger partial charge in [-0.3, -0.25) is 0 Å². The molecule has 0 amide bonds. The van der Waals surface area contributed by atoms with Crippen LogP contribution < -0.4 is 5.32 Å². The zero-order valence-electron chi connectivity index (χ0n) is 12.9. The Kier molecular flexibility index (Phi) is 6.49. The molecule has 0 unspecified atom stereocenters. The molecule has 1 rings (SSSR count). The molecule has 0 heterocycles. The minimum absolute atomic E-state index is 0.353. The van der Waals surface area contributed by atoms with E-state index in [2.05, 4.69) is 26.1 Å². The average Bonchev–Trinajstić information content (AvgIpc) is 2.42. The number of sulfonamides is 1. The van der Waals surface area contributed by atoms with Gasteiger partial charge in [-0.2, -0.15) is 0 Å². The summed E-state index contributed by atoms with van der Waals surface area (Å²) in [5.41, 5.74) is 0.954. The number of anilines is 1. The van der Waals surface area contributed by atoms with E-state index in [9.17, 15) is 8.42 Å². The lowest BCUT2D eigenvalue weighted by Crippen LogP contribution is -2.28. The third-order valence-corrected chi connectivity index (χ3v) is 5.03. The van der Waals surface area contributed by atoms with E-state index in [1.54, 1.807) is 19.2 Å². The number of nitrogens with one attached hydrogen (secondary N) is 1. The maximum Gasteiger partial charge on any atom is 0.242 e. The van der Waals surface area contributed by atoms with Crippen LogP contribution in [0.15, 0.2) is 29.2 Å². The van der Waals surface area contributed by atoms with Crippen molar-refractivity contribution in [2.24, 2.45) is 5.92 Å². The normalized spacial score (nSPS) is 12.1. The van der Waals surface area contributed by atoms with Crippen molar-refractivity contribution in [3.05, 3.63) is 24.3 Å². The standard InChI is InChI=1S/C15H26N2O2S/c1-5-11-16-14-6-8-15(9-7-14)20(18,19)17(4)12-10-13(2)3/h6-9,13,16H,5,10-12H2,1-4H3. The smallest absolute Gasteiger partial charge is 0.242 e. The highest BCUT2D eigenvalue weighted by Gasteiger charge is 2.20. The van der Waals surface area contributed by atoms with Gasteiger partial charge in [-0.05, 0) is 43.0 Å². The quantitative estimate of drug-likeness (QED) is 0.802. The van der Waals surface area contributed by atoms with E-state index in [0.29, 0.717) is 17.4 Å². The number of rotatable bonds is 8. The van der Waals surface area contributed by atoms with E-state index in [0.717, 1.165) is 25.1 Å². The first-order valence-corrected chi connectivity index (χ1v) is 8.62. The van der Waals surface area contributed by atoms with Gasteiger partial charge in [0.25, 0.3) is 0 Å². The summed E-state index contributed by atoms with van der Waals surface area (Å²) in [5, 5.41) is 3.23. The molecule has 0 saturated heterocycles. The first kappa shape index (κ1) is 17.0. The van der Waals surface area contributed by atoms with Gasteiger partial charge in [0.2, 0.25) is 10.0 Å². The molecule has 0 aromatic heterocycles. The first-order valence-electron chi connectivity index (χ1n) is 7.18. The molecule has 0 saturated carbocycles. The van der Waals surface area contributed by atoms with Crippen molar-refractivity contribution in [1.29, 1.82) is 0 Å². The van der Waals surface area contributed by atoms with Crippen molar-refractivity contribution >= 4 is 15.7 Å². The fraction of sp³-hybridized carbons (Fsp3) is 0.600. The first-order chi connectivity index (χ1) is 9.37. The summed E-state index contributed by atoms with van der Waals surface area (Å²) in [6.07, 6.45) is 1.91. The highest BCUT2D eigenvalue weighted by molar-refractivity contribution is 7.89. The van der Waals surface area contributed by atoms with Crippen LogP contribution in [0.3, 0.4) is 0 Å². The Balaban J connectivity index is 2.76. The van der Waals surface area contributed by atoms with Gasteiger partial charge in [0.1, 0.15) is 0 Å². The molecule has 20 heavy (non-hydrogen) atoms. The molecule has 1 aromatic carbocycles. The Morgan fingerprint density at radius 1 is 1.20 bits per heavy atom. The van der Waals surface area contributed by atoms with Crippen molar-refractivity contribution in [3.8, 4) is 0 Å². The Morgan fingerprint density at radius 2 is 1.80 bits per heavy atom. The Labute approximate surface area is 123 Å².